The van der Waals surface area contributed by atoms with E-state index in [1.165, 1.54) is 18.7 Å². The minimum Gasteiger partial charge on any atom is -0.367 e. The molecule has 2 aliphatic heterocycles. The molecule has 0 spiro atoms. The predicted octanol–water partition coefficient (Wildman–Crippen LogP) is 0.765. The molecule has 2 N–H and O–H groups in total. The first kappa shape index (κ1) is 9.00. The molecule has 2 aliphatic rings. The second-order valence-corrected chi connectivity index (χ2v) is 4.00. The summed E-state index contributed by atoms with van der Waals surface area (Å²) in [5.41, 5.74) is 0. The number of nitrogens with zero attached hydrogens (tertiary/aromatic N) is 1. The Bertz CT molecular complexity index is 208. The van der Waals surface area contributed by atoms with Gasteiger partial charge in [0, 0.05) is 19.0 Å². The second kappa shape index (κ2) is 3.66. The summed E-state index contributed by atoms with van der Waals surface area (Å²) in [5.74, 6) is 1.92. The first-order valence-corrected chi connectivity index (χ1v) is 5.40. The lowest BCUT2D eigenvalue weighted by Gasteiger charge is -2.15. The number of fused-ring (bicyclic) bond motifs is 1. The van der Waals surface area contributed by atoms with Crippen molar-refractivity contribution in [3.63, 3.8) is 0 Å². The maximum absolute atomic E-state index is 4.74. The van der Waals surface area contributed by atoms with Gasteiger partial charge in [0.05, 0.1) is 12.1 Å². The Labute approximate surface area is 80.0 Å². The van der Waals surface area contributed by atoms with E-state index in [0.717, 1.165) is 13.1 Å². The number of hydrogen-bond donors (Lipinski definition) is 2. The van der Waals surface area contributed by atoms with Crippen molar-refractivity contribution < 1.29 is 0 Å². The van der Waals surface area contributed by atoms with Gasteiger partial charge < -0.3 is 10.6 Å². The molecule has 0 aromatic carbocycles. The van der Waals surface area contributed by atoms with Gasteiger partial charge in [0.15, 0.2) is 0 Å². The zero-order valence-corrected chi connectivity index (χ0v) is 8.51. The molecule has 1 fully saturated rings. The van der Waals surface area contributed by atoms with Crippen molar-refractivity contribution >= 4 is 5.84 Å². The van der Waals surface area contributed by atoms with E-state index in [2.05, 4.69) is 24.5 Å². The van der Waals surface area contributed by atoms with Crippen LogP contribution in [0.1, 0.15) is 26.7 Å². The molecule has 0 radical (unpaired) electrons. The molecule has 0 amide bonds. The minimum absolute atomic E-state index is 0.510. The van der Waals surface area contributed by atoms with Crippen LogP contribution in [0.4, 0.5) is 0 Å². The Morgan fingerprint density at radius 3 is 2.77 bits per heavy atom. The summed E-state index contributed by atoms with van der Waals surface area (Å²) >= 11 is 0. The van der Waals surface area contributed by atoms with Crippen LogP contribution in [-0.2, 0) is 0 Å². The van der Waals surface area contributed by atoms with Gasteiger partial charge in [-0.2, -0.15) is 0 Å². The summed E-state index contributed by atoms with van der Waals surface area (Å²) in [7, 11) is 0. The van der Waals surface area contributed by atoms with Crippen molar-refractivity contribution in [1.82, 2.24) is 10.6 Å². The molecule has 2 atom stereocenters. The maximum Gasteiger partial charge on any atom is 0.100 e. The molecule has 2 unspecified atom stereocenters. The van der Waals surface area contributed by atoms with E-state index in [-0.39, 0.29) is 0 Å². The summed E-state index contributed by atoms with van der Waals surface area (Å²) < 4.78 is 0. The van der Waals surface area contributed by atoms with Crippen molar-refractivity contribution in [1.29, 1.82) is 0 Å². The number of aliphatic imine (C=N–C) groups is 1. The topological polar surface area (TPSA) is 36.4 Å². The summed E-state index contributed by atoms with van der Waals surface area (Å²) in [6.45, 7) is 6.62. The highest BCUT2D eigenvalue weighted by atomic mass is 15.2. The monoisotopic (exact) mass is 181 g/mol. The molecule has 0 aromatic heterocycles. The molecule has 3 heteroatoms. The molecule has 3 nitrogen and oxygen atoms in total. The summed E-state index contributed by atoms with van der Waals surface area (Å²) in [6, 6.07) is 1.09. The van der Waals surface area contributed by atoms with Gasteiger partial charge in [-0.05, 0) is 12.8 Å². The number of hydrogen-bond acceptors (Lipinski definition) is 3. The van der Waals surface area contributed by atoms with Crippen molar-refractivity contribution in [2.45, 2.75) is 38.8 Å². The van der Waals surface area contributed by atoms with E-state index in [1.54, 1.807) is 0 Å². The van der Waals surface area contributed by atoms with E-state index >= 15 is 0 Å². The van der Waals surface area contributed by atoms with Gasteiger partial charge in [-0.1, -0.05) is 13.8 Å². The van der Waals surface area contributed by atoms with Crippen molar-refractivity contribution in [3.05, 3.63) is 0 Å². The number of nitrogens with one attached hydrogen (secondary N) is 2. The zero-order valence-electron chi connectivity index (χ0n) is 8.51. The Balaban J connectivity index is 2.01. The number of rotatable bonds is 3. The lowest BCUT2D eigenvalue weighted by atomic mass is 10.0. The third-order valence-electron chi connectivity index (χ3n) is 3.19. The third-order valence-corrected chi connectivity index (χ3v) is 3.19. The largest absolute Gasteiger partial charge is 0.367 e. The van der Waals surface area contributed by atoms with E-state index in [1.807, 2.05) is 0 Å². The molecule has 13 heavy (non-hydrogen) atoms. The molecule has 1 saturated heterocycles. The predicted molar refractivity (Wildman–Crippen MR) is 55.1 cm³/mol. The van der Waals surface area contributed by atoms with Crippen LogP contribution in [0.5, 0.6) is 0 Å². The van der Waals surface area contributed by atoms with Crippen LogP contribution in [0.15, 0.2) is 4.99 Å². The number of amidine groups is 1. The quantitative estimate of drug-likeness (QED) is 0.674. The van der Waals surface area contributed by atoms with Gasteiger partial charge in [0.1, 0.15) is 5.84 Å². The highest BCUT2D eigenvalue weighted by Gasteiger charge is 2.34. The highest BCUT2D eigenvalue weighted by molar-refractivity contribution is 5.86. The molecular weight excluding hydrogens is 162 g/mol. The molecular formula is C10H19N3. The molecule has 0 saturated carbocycles. The van der Waals surface area contributed by atoms with E-state index in [0.29, 0.717) is 18.0 Å². The smallest absolute Gasteiger partial charge is 0.100 e. The lowest BCUT2D eigenvalue weighted by Crippen LogP contribution is -2.37. The van der Waals surface area contributed by atoms with Gasteiger partial charge >= 0.3 is 0 Å². The summed E-state index contributed by atoms with van der Waals surface area (Å²) in [5, 5.41) is 6.89. The second-order valence-electron chi connectivity index (χ2n) is 4.00. The Kier molecular flexibility index (Phi) is 2.54. The van der Waals surface area contributed by atoms with Crippen LogP contribution in [0.2, 0.25) is 0 Å². The van der Waals surface area contributed by atoms with Crippen LogP contribution in [0.25, 0.3) is 0 Å². The van der Waals surface area contributed by atoms with Gasteiger partial charge in [0.2, 0.25) is 0 Å². The van der Waals surface area contributed by atoms with Crippen LogP contribution < -0.4 is 10.6 Å². The third kappa shape index (κ3) is 1.57. The molecule has 0 bridgehead atoms. The van der Waals surface area contributed by atoms with Gasteiger partial charge in [-0.25, -0.2) is 0 Å². The molecule has 0 aromatic rings. The SMILES string of the molecule is CCC(CC)C1=NC2CNCC2N1. The van der Waals surface area contributed by atoms with Crippen LogP contribution in [0, 0.1) is 5.92 Å². The average molecular weight is 181 g/mol. The minimum atomic E-state index is 0.510. The zero-order chi connectivity index (χ0) is 9.26. The normalized spacial score (nSPS) is 31.8. The van der Waals surface area contributed by atoms with E-state index < -0.39 is 0 Å². The Morgan fingerprint density at radius 1 is 1.38 bits per heavy atom. The van der Waals surface area contributed by atoms with Crippen molar-refractivity contribution in [3.8, 4) is 0 Å². The summed E-state index contributed by atoms with van der Waals surface area (Å²) in [6.07, 6.45) is 2.41. The Hall–Kier alpha value is -0.570. The van der Waals surface area contributed by atoms with Gasteiger partial charge in [-0.15, -0.1) is 0 Å². The molecule has 2 rings (SSSR count). The Morgan fingerprint density at radius 2 is 2.15 bits per heavy atom. The maximum atomic E-state index is 4.74. The average Bonchev–Trinajstić information content (AvgIpc) is 2.65. The fraction of sp³-hybridized carbons (Fsp3) is 0.900. The van der Waals surface area contributed by atoms with E-state index in [9.17, 15) is 0 Å². The first-order chi connectivity index (χ1) is 6.35. The summed E-state index contributed by atoms with van der Waals surface area (Å²) in [4.78, 5) is 4.74. The van der Waals surface area contributed by atoms with Crippen LogP contribution in [0.3, 0.4) is 0 Å². The first-order valence-electron chi connectivity index (χ1n) is 5.40. The van der Waals surface area contributed by atoms with Gasteiger partial charge in [0.25, 0.3) is 0 Å². The fourth-order valence-corrected chi connectivity index (χ4v) is 2.25. The van der Waals surface area contributed by atoms with Crippen LogP contribution in [-0.4, -0.2) is 31.0 Å². The lowest BCUT2D eigenvalue weighted by molar-refractivity contribution is 0.600. The van der Waals surface area contributed by atoms with E-state index in [4.69, 9.17) is 4.99 Å². The molecule has 2 heterocycles. The standard InChI is InChI=1S/C10H19N3/c1-3-7(4-2)10-12-8-5-11-6-9(8)13-10/h7-9,11H,3-6H2,1-2H3,(H,12,13). The molecule has 0 aliphatic carbocycles. The fourth-order valence-electron chi connectivity index (χ4n) is 2.25. The van der Waals surface area contributed by atoms with Gasteiger partial charge in [-0.3, -0.25) is 4.99 Å². The van der Waals surface area contributed by atoms with Crippen LogP contribution >= 0.6 is 0 Å². The molecule has 74 valence electrons. The van der Waals surface area contributed by atoms with Crippen molar-refractivity contribution in [2.75, 3.05) is 13.1 Å². The highest BCUT2D eigenvalue weighted by Crippen LogP contribution is 2.18. The van der Waals surface area contributed by atoms with Crippen molar-refractivity contribution in [2.24, 2.45) is 10.9 Å².